The second-order valence-corrected chi connectivity index (χ2v) is 5.98. The Balaban J connectivity index is 2.37. The van der Waals surface area contributed by atoms with Gasteiger partial charge in [-0.1, -0.05) is 26.0 Å². The normalized spacial score (nSPS) is 12.0. The van der Waals surface area contributed by atoms with Crippen LogP contribution in [0.2, 0.25) is 0 Å². The van der Waals surface area contributed by atoms with Gasteiger partial charge in [-0.3, -0.25) is 0 Å². The summed E-state index contributed by atoms with van der Waals surface area (Å²) >= 11 is 0. The first kappa shape index (κ1) is 13.8. The molecule has 0 amide bonds. The summed E-state index contributed by atoms with van der Waals surface area (Å²) in [6.45, 7) is 8.97. The molecule has 0 unspecified atom stereocenters. The Morgan fingerprint density at radius 1 is 1.32 bits per heavy atom. The Morgan fingerprint density at radius 2 is 2.00 bits per heavy atom. The van der Waals surface area contributed by atoms with Crippen molar-refractivity contribution >= 4 is 16.8 Å². The monoisotopic (exact) mass is 258 g/mol. The molecule has 1 heterocycles. The van der Waals surface area contributed by atoms with Crippen LogP contribution in [0.5, 0.6) is 0 Å². The van der Waals surface area contributed by atoms with E-state index in [-0.39, 0.29) is 11.2 Å². The second kappa shape index (κ2) is 5.16. The summed E-state index contributed by atoms with van der Waals surface area (Å²) in [6, 6.07) is 8.21. The van der Waals surface area contributed by atoms with Gasteiger partial charge in [0.05, 0.1) is 11.0 Å². The van der Waals surface area contributed by atoms with Gasteiger partial charge in [-0.15, -0.1) is 0 Å². The lowest BCUT2D eigenvalue weighted by Gasteiger charge is -2.23. The third-order valence-electron chi connectivity index (χ3n) is 3.41. The summed E-state index contributed by atoms with van der Waals surface area (Å²) in [5.74, 6) is 1.32. The number of carbonyl (C=O) groups is 1. The number of hydrogen-bond acceptors (Lipinski definition) is 2. The Hall–Kier alpha value is -1.64. The molecule has 0 bridgehead atoms. The number of nitrogens with zero attached hydrogens (tertiary/aromatic N) is 2. The molecule has 0 spiro atoms. The van der Waals surface area contributed by atoms with Gasteiger partial charge >= 0.3 is 0 Å². The fourth-order valence-electron chi connectivity index (χ4n) is 2.78. The maximum atomic E-state index is 11.3. The smallest absolute Gasteiger partial charge is 0.130 e. The molecular weight excluding hydrogens is 236 g/mol. The zero-order chi connectivity index (χ0) is 14.0. The number of para-hydroxylation sites is 2. The van der Waals surface area contributed by atoms with Crippen LogP contribution in [0.3, 0.4) is 0 Å². The predicted octanol–water partition coefficient (Wildman–Crippen LogP) is 3.60. The molecule has 1 aromatic carbocycles. The molecule has 0 aliphatic heterocycles. The molecule has 3 heteroatoms. The molecular formula is C16H22N2O. The number of benzene rings is 1. The molecule has 0 radical (unpaired) electrons. The molecule has 3 nitrogen and oxygen atoms in total. The summed E-state index contributed by atoms with van der Waals surface area (Å²) in [5, 5.41) is 0. The van der Waals surface area contributed by atoms with Crippen molar-refractivity contribution < 1.29 is 4.79 Å². The number of carbonyl (C=O) groups excluding carboxylic acids is 1. The molecule has 0 N–H and O–H groups in total. The molecule has 2 rings (SSSR count). The van der Waals surface area contributed by atoms with Crippen LogP contribution in [0, 0.1) is 5.41 Å². The van der Waals surface area contributed by atoms with Crippen molar-refractivity contribution in [1.29, 1.82) is 0 Å². The van der Waals surface area contributed by atoms with E-state index in [1.54, 1.807) is 6.92 Å². The van der Waals surface area contributed by atoms with Gasteiger partial charge in [-0.05, 0) is 31.4 Å². The standard InChI is InChI=1S/C16H22N2O/c1-5-18-14-9-7-6-8-13(14)17-15(18)11-16(3,4)10-12(2)19/h6-9H,5,10-11H2,1-4H3. The Kier molecular flexibility index (Phi) is 3.74. The molecule has 19 heavy (non-hydrogen) atoms. The highest BCUT2D eigenvalue weighted by atomic mass is 16.1. The van der Waals surface area contributed by atoms with E-state index in [4.69, 9.17) is 4.98 Å². The minimum atomic E-state index is -0.0415. The van der Waals surface area contributed by atoms with E-state index in [9.17, 15) is 4.79 Å². The van der Waals surface area contributed by atoms with Crippen LogP contribution in [0.4, 0.5) is 0 Å². The third-order valence-corrected chi connectivity index (χ3v) is 3.41. The number of imidazole rings is 1. The number of aryl methyl sites for hydroxylation is 1. The van der Waals surface area contributed by atoms with Gasteiger partial charge in [0.25, 0.3) is 0 Å². The van der Waals surface area contributed by atoms with Crippen molar-refractivity contribution in [2.45, 2.75) is 47.1 Å². The van der Waals surface area contributed by atoms with Crippen LogP contribution in [0.1, 0.15) is 39.9 Å². The lowest BCUT2D eigenvalue weighted by molar-refractivity contribution is -0.118. The number of aromatic nitrogens is 2. The highest BCUT2D eigenvalue weighted by molar-refractivity contribution is 5.77. The molecule has 2 aromatic rings. The van der Waals surface area contributed by atoms with Crippen molar-refractivity contribution in [2.75, 3.05) is 0 Å². The van der Waals surface area contributed by atoms with Crippen molar-refractivity contribution in [1.82, 2.24) is 9.55 Å². The number of rotatable bonds is 5. The zero-order valence-electron chi connectivity index (χ0n) is 12.2. The second-order valence-electron chi connectivity index (χ2n) is 5.98. The van der Waals surface area contributed by atoms with E-state index in [1.165, 1.54) is 5.52 Å². The van der Waals surface area contributed by atoms with Gasteiger partial charge in [-0.2, -0.15) is 0 Å². The van der Waals surface area contributed by atoms with Gasteiger partial charge in [0.1, 0.15) is 11.6 Å². The fraction of sp³-hybridized carbons (Fsp3) is 0.500. The van der Waals surface area contributed by atoms with Gasteiger partial charge in [-0.25, -0.2) is 4.98 Å². The first-order valence-corrected chi connectivity index (χ1v) is 6.86. The third kappa shape index (κ3) is 3.03. The highest BCUT2D eigenvalue weighted by Crippen LogP contribution is 2.27. The topological polar surface area (TPSA) is 34.9 Å². The SMILES string of the molecule is CCn1c(CC(C)(C)CC(C)=O)nc2ccccc21. The molecule has 0 saturated heterocycles. The molecule has 1 aromatic heterocycles. The van der Waals surface area contributed by atoms with Gasteiger partial charge in [0.2, 0.25) is 0 Å². The lowest BCUT2D eigenvalue weighted by atomic mass is 9.84. The first-order chi connectivity index (χ1) is 8.93. The van der Waals surface area contributed by atoms with E-state index in [1.807, 2.05) is 18.2 Å². The van der Waals surface area contributed by atoms with Gasteiger partial charge in [0, 0.05) is 19.4 Å². The molecule has 0 atom stereocenters. The molecule has 0 aliphatic rings. The summed E-state index contributed by atoms with van der Waals surface area (Å²) in [4.78, 5) is 16.1. The largest absolute Gasteiger partial charge is 0.328 e. The molecule has 0 aliphatic carbocycles. The average Bonchev–Trinajstić information content (AvgIpc) is 2.62. The predicted molar refractivity (Wildman–Crippen MR) is 78.2 cm³/mol. The van der Waals surface area contributed by atoms with Gasteiger partial charge in [0.15, 0.2) is 0 Å². The Bertz CT molecular complexity index is 596. The molecule has 0 fully saturated rings. The molecule has 102 valence electrons. The maximum Gasteiger partial charge on any atom is 0.130 e. The fourth-order valence-corrected chi connectivity index (χ4v) is 2.78. The van der Waals surface area contributed by atoms with Crippen LogP contribution < -0.4 is 0 Å². The van der Waals surface area contributed by atoms with Crippen molar-refractivity contribution in [2.24, 2.45) is 5.41 Å². The number of hydrogen-bond donors (Lipinski definition) is 0. The Labute approximate surface area is 114 Å². The van der Waals surface area contributed by atoms with E-state index < -0.39 is 0 Å². The zero-order valence-corrected chi connectivity index (χ0v) is 12.2. The first-order valence-electron chi connectivity index (χ1n) is 6.86. The Morgan fingerprint density at radius 3 is 2.63 bits per heavy atom. The van der Waals surface area contributed by atoms with Crippen molar-refractivity contribution in [3.8, 4) is 0 Å². The minimum absolute atomic E-state index is 0.0415. The number of Topliss-reactive ketones (excluding diaryl/α,β-unsaturated/α-hetero) is 1. The van der Waals surface area contributed by atoms with Crippen molar-refractivity contribution in [3.63, 3.8) is 0 Å². The number of fused-ring (bicyclic) bond motifs is 1. The van der Waals surface area contributed by atoms with E-state index >= 15 is 0 Å². The van der Waals surface area contributed by atoms with Crippen LogP contribution in [0.25, 0.3) is 11.0 Å². The molecule has 0 saturated carbocycles. The van der Waals surface area contributed by atoms with E-state index in [0.717, 1.165) is 24.3 Å². The van der Waals surface area contributed by atoms with E-state index in [0.29, 0.717) is 6.42 Å². The minimum Gasteiger partial charge on any atom is -0.328 e. The van der Waals surface area contributed by atoms with Crippen LogP contribution in [-0.2, 0) is 17.8 Å². The quantitative estimate of drug-likeness (QED) is 0.821. The number of ketones is 1. The maximum absolute atomic E-state index is 11.3. The van der Waals surface area contributed by atoms with Crippen molar-refractivity contribution in [3.05, 3.63) is 30.1 Å². The van der Waals surface area contributed by atoms with Gasteiger partial charge < -0.3 is 9.36 Å². The van der Waals surface area contributed by atoms with Crippen LogP contribution >= 0.6 is 0 Å². The summed E-state index contributed by atoms with van der Waals surface area (Å²) < 4.78 is 2.25. The summed E-state index contributed by atoms with van der Waals surface area (Å²) in [6.07, 6.45) is 1.43. The lowest BCUT2D eigenvalue weighted by Crippen LogP contribution is -2.21. The average molecular weight is 258 g/mol. The van der Waals surface area contributed by atoms with Crippen LogP contribution in [0.15, 0.2) is 24.3 Å². The van der Waals surface area contributed by atoms with Crippen LogP contribution in [-0.4, -0.2) is 15.3 Å². The van der Waals surface area contributed by atoms with E-state index in [2.05, 4.69) is 31.4 Å². The summed E-state index contributed by atoms with van der Waals surface area (Å²) in [7, 11) is 0. The highest BCUT2D eigenvalue weighted by Gasteiger charge is 2.23. The summed E-state index contributed by atoms with van der Waals surface area (Å²) in [5.41, 5.74) is 2.18.